The van der Waals surface area contributed by atoms with Gasteiger partial charge in [0.1, 0.15) is 5.75 Å². The molecule has 2 saturated heterocycles. The van der Waals surface area contributed by atoms with E-state index in [4.69, 9.17) is 4.74 Å². The zero-order valence-corrected chi connectivity index (χ0v) is 21.6. The maximum atomic E-state index is 13.4. The number of piperazine rings is 1. The van der Waals surface area contributed by atoms with E-state index in [2.05, 4.69) is 0 Å². The van der Waals surface area contributed by atoms with Gasteiger partial charge in [0.2, 0.25) is 20.0 Å². The number of amides is 1. The summed E-state index contributed by atoms with van der Waals surface area (Å²) in [5, 5.41) is 0. The average molecular weight is 522 g/mol. The second-order valence-electron chi connectivity index (χ2n) is 8.84. The first-order valence-electron chi connectivity index (χ1n) is 11.7. The highest BCUT2D eigenvalue weighted by Gasteiger charge is 2.34. The summed E-state index contributed by atoms with van der Waals surface area (Å²) in [7, 11) is -6.19. The molecular weight excluding hydrogens is 490 g/mol. The molecule has 35 heavy (non-hydrogen) atoms. The monoisotopic (exact) mass is 521 g/mol. The summed E-state index contributed by atoms with van der Waals surface area (Å²) in [4.78, 5) is 15.0. The topological polar surface area (TPSA) is 104 Å². The molecule has 9 nitrogen and oxygen atoms in total. The molecule has 0 saturated carbocycles. The number of carbonyl (C=O) groups excluding carboxylic acids is 1. The zero-order valence-electron chi connectivity index (χ0n) is 20.0. The number of hydrogen-bond acceptors (Lipinski definition) is 6. The molecular formula is C24H31N3O6S2. The molecule has 190 valence electrons. The normalized spacial score (nSPS) is 18.4. The minimum Gasteiger partial charge on any atom is -0.496 e. The average Bonchev–Trinajstić information content (AvgIpc) is 2.88. The van der Waals surface area contributed by atoms with Crippen molar-refractivity contribution in [2.45, 2.75) is 36.0 Å². The SMILES string of the molecule is COc1ccc(S(=O)(=O)N2CCN(S(=O)(=O)c3ccc(C)cc3)CC2)cc1C(=O)N1CCCCC1. The Bertz CT molecular complexity index is 1280. The van der Waals surface area contributed by atoms with Gasteiger partial charge in [0.25, 0.3) is 5.91 Å². The Hall–Kier alpha value is -2.47. The molecule has 0 N–H and O–H groups in total. The minimum absolute atomic E-state index is 0.00602. The number of rotatable bonds is 6. The Labute approximate surface area is 207 Å². The molecule has 0 atom stereocenters. The molecule has 0 bridgehead atoms. The van der Waals surface area contributed by atoms with E-state index < -0.39 is 20.0 Å². The van der Waals surface area contributed by atoms with E-state index in [0.29, 0.717) is 18.8 Å². The molecule has 2 aliphatic rings. The van der Waals surface area contributed by atoms with Gasteiger partial charge in [0.15, 0.2) is 0 Å². The van der Waals surface area contributed by atoms with E-state index in [1.807, 2.05) is 6.92 Å². The number of benzene rings is 2. The molecule has 2 aliphatic heterocycles. The van der Waals surface area contributed by atoms with E-state index in [9.17, 15) is 21.6 Å². The van der Waals surface area contributed by atoms with Gasteiger partial charge in [-0.05, 0) is 56.5 Å². The van der Waals surface area contributed by atoms with E-state index in [-0.39, 0.29) is 47.4 Å². The number of sulfonamides is 2. The van der Waals surface area contributed by atoms with Crippen LogP contribution in [0.15, 0.2) is 52.3 Å². The molecule has 2 aromatic carbocycles. The van der Waals surface area contributed by atoms with E-state index in [1.54, 1.807) is 29.2 Å². The van der Waals surface area contributed by atoms with Crippen LogP contribution >= 0.6 is 0 Å². The van der Waals surface area contributed by atoms with Crippen LogP contribution in [0.5, 0.6) is 5.75 Å². The van der Waals surface area contributed by atoms with Crippen LogP contribution < -0.4 is 4.74 Å². The summed E-state index contributed by atoms with van der Waals surface area (Å²) < 4.78 is 60.6. The molecule has 0 radical (unpaired) electrons. The number of piperidine rings is 1. The fraction of sp³-hybridized carbons (Fsp3) is 0.458. The second kappa shape index (κ2) is 10.3. The number of nitrogens with zero attached hydrogens (tertiary/aromatic N) is 3. The molecule has 11 heteroatoms. The fourth-order valence-electron chi connectivity index (χ4n) is 4.44. The highest BCUT2D eigenvalue weighted by molar-refractivity contribution is 7.89. The highest BCUT2D eigenvalue weighted by atomic mass is 32.2. The maximum Gasteiger partial charge on any atom is 0.257 e. The standard InChI is InChI=1S/C24H31N3O6S2/c1-19-6-8-20(9-7-19)34(29,30)26-14-16-27(17-15-26)35(31,32)21-10-11-23(33-2)22(18-21)24(28)25-12-4-3-5-13-25/h6-11,18H,3-5,12-17H2,1-2H3. The third kappa shape index (κ3) is 5.23. The number of aryl methyl sites for hydroxylation is 1. The third-order valence-electron chi connectivity index (χ3n) is 6.54. The highest BCUT2D eigenvalue weighted by Crippen LogP contribution is 2.28. The van der Waals surface area contributed by atoms with Gasteiger partial charge in [-0.25, -0.2) is 16.8 Å². The van der Waals surface area contributed by atoms with E-state index in [1.165, 1.54) is 33.9 Å². The van der Waals surface area contributed by atoms with Gasteiger partial charge >= 0.3 is 0 Å². The van der Waals surface area contributed by atoms with Crippen LogP contribution in [-0.2, 0) is 20.0 Å². The lowest BCUT2D eigenvalue weighted by Gasteiger charge is -2.33. The summed E-state index contributed by atoms with van der Waals surface area (Å²) in [5.74, 6) is 0.0844. The summed E-state index contributed by atoms with van der Waals surface area (Å²) in [6.45, 7) is 3.29. The lowest BCUT2D eigenvalue weighted by molar-refractivity contribution is 0.0720. The first kappa shape index (κ1) is 25.6. The molecule has 2 heterocycles. The number of likely N-dealkylation sites (tertiary alicyclic amines) is 1. The number of carbonyl (C=O) groups is 1. The van der Waals surface area contributed by atoms with Gasteiger partial charge in [-0.1, -0.05) is 17.7 Å². The van der Waals surface area contributed by atoms with Gasteiger partial charge in [0.05, 0.1) is 22.5 Å². The number of hydrogen-bond donors (Lipinski definition) is 0. The van der Waals surface area contributed by atoms with E-state index in [0.717, 1.165) is 24.8 Å². The predicted molar refractivity (Wildman–Crippen MR) is 131 cm³/mol. The lowest BCUT2D eigenvalue weighted by Crippen LogP contribution is -2.50. The molecule has 0 unspecified atom stereocenters. The van der Waals surface area contributed by atoms with Gasteiger partial charge in [-0.15, -0.1) is 0 Å². The van der Waals surface area contributed by atoms with Gasteiger partial charge in [-0.2, -0.15) is 8.61 Å². The summed E-state index contributed by atoms with van der Waals surface area (Å²) in [6.07, 6.45) is 2.91. The smallest absolute Gasteiger partial charge is 0.257 e. The van der Waals surface area contributed by atoms with Crippen molar-refractivity contribution >= 4 is 26.0 Å². The minimum atomic E-state index is -3.93. The Morgan fingerprint density at radius 1 is 0.743 bits per heavy atom. The van der Waals surface area contributed by atoms with Crippen molar-refractivity contribution in [2.75, 3.05) is 46.4 Å². The lowest BCUT2D eigenvalue weighted by atomic mass is 10.1. The molecule has 0 aromatic heterocycles. The van der Waals surface area contributed by atoms with Gasteiger partial charge in [-0.3, -0.25) is 4.79 Å². The van der Waals surface area contributed by atoms with Crippen LogP contribution in [0, 0.1) is 6.92 Å². The van der Waals surface area contributed by atoms with Crippen molar-refractivity contribution in [2.24, 2.45) is 0 Å². The Kier molecular flexibility index (Phi) is 7.51. The first-order valence-corrected chi connectivity index (χ1v) is 14.6. The summed E-state index contributed by atoms with van der Waals surface area (Å²) >= 11 is 0. The second-order valence-corrected chi connectivity index (χ2v) is 12.7. The van der Waals surface area contributed by atoms with E-state index >= 15 is 0 Å². The van der Waals surface area contributed by atoms with Crippen LogP contribution in [-0.4, -0.2) is 82.6 Å². The van der Waals surface area contributed by atoms with Crippen LogP contribution in [0.4, 0.5) is 0 Å². The summed E-state index contributed by atoms with van der Waals surface area (Å²) in [6, 6.07) is 10.9. The predicted octanol–water partition coefficient (Wildman–Crippen LogP) is 2.32. The van der Waals surface area contributed by atoms with Crippen LogP contribution in [0.25, 0.3) is 0 Å². The van der Waals surface area contributed by atoms with Crippen molar-refractivity contribution in [1.82, 2.24) is 13.5 Å². The molecule has 2 fully saturated rings. The fourth-order valence-corrected chi connectivity index (χ4v) is 7.31. The third-order valence-corrected chi connectivity index (χ3v) is 10.3. The number of ether oxygens (including phenoxy) is 1. The van der Waals surface area contributed by atoms with Crippen molar-refractivity contribution in [1.29, 1.82) is 0 Å². The van der Waals surface area contributed by atoms with Crippen LogP contribution in [0.1, 0.15) is 35.2 Å². The van der Waals surface area contributed by atoms with Crippen molar-refractivity contribution in [3.8, 4) is 5.75 Å². The van der Waals surface area contributed by atoms with Crippen LogP contribution in [0.3, 0.4) is 0 Å². The molecule has 4 rings (SSSR count). The van der Waals surface area contributed by atoms with Crippen molar-refractivity contribution in [3.05, 3.63) is 53.6 Å². The van der Waals surface area contributed by atoms with Crippen LogP contribution in [0.2, 0.25) is 0 Å². The zero-order chi connectivity index (χ0) is 25.2. The summed E-state index contributed by atoms with van der Waals surface area (Å²) in [5.41, 5.74) is 1.17. The Balaban J connectivity index is 1.52. The maximum absolute atomic E-state index is 13.4. The number of methoxy groups -OCH3 is 1. The van der Waals surface area contributed by atoms with Crippen molar-refractivity contribution in [3.63, 3.8) is 0 Å². The molecule has 1 amide bonds. The Morgan fingerprint density at radius 2 is 1.26 bits per heavy atom. The van der Waals surface area contributed by atoms with Crippen molar-refractivity contribution < 1.29 is 26.4 Å². The molecule has 0 spiro atoms. The largest absolute Gasteiger partial charge is 0.496 e. The first-order chi connectivity index (χ1) is 16.6. The molecule has 2 aromatic rings. The molecule has 0 aliphatic carbocycles. The Morgan fingerprint density at radius 3 is 1.80 bits per heavy atom. The quantitative estimate of drug-likeness (QED) is 0.578. The van der Waals surface area contributed by atoms with Gasteiger partial charge in [0, 0.05) is 39.3 Å². The van der Waals surface area contributed by atoms with Gasteiger partial charge < -0.3 is 9.64 Å².